The van der Waals surface area contributed by atoms with Gasteiger partial charge < -0.3 is 16.4 Å². The summed E-state index contributed by atoms with van der Waals surface area (Å²) in [6, 6.07) is 8.71. The van der Waals surface area contributed by atoms with Crippen LogP contribution in [0.5, 0.6) is 0 Å². The number of benzene rings is 1. The van der Waals surface area contributed by atoms with Gasteiger partial charge in [0, 0.05) is 17.5 Å². The van der Waals surface area contributed by atoms with Gasteiger partial charge in [0.1, 0.15) is 0 Å². The molecular formula is C19H32N4S. The molecule has 1 aliphatic carbocycles. The summed E-state index contributed by atoms with van der Waals surface area (Å²) in [7, 11) is 0. The minimum atomic E-state index is 0.348. The Labute approximate surface area is 151 Å². The van der Waals surface area contributed by atoms with Gasteiger partial charge in [-0.15, -0.1) is 11.8 Å². The number of rotatable bonds is 6. The van der Waals surface area contributed by atoms with Crippen molar-refractivity contribution in [2.45, 2.75) is 50.5 Å². The van der Waals surface area contributed by atoms with Gasteiger partial charge in [-0.05, 0) is 69.9 Å². The maximum absolute atomic E-state index is 5.86. The molecule has 0 saturated heterocycles. The molecule has 2 rings (SSSR count). The zero-order valence-electron chi connectivity index (χ0n) is 15.2. The maximum atomic E-state index is 5.86. The van der Waals surface area contributed by atoms with Crippen LogP contribution in [0.2, 0.25) is 0 Å². The van der Waals surface area contributed by atoms with Gasteiger partial charge in [0.2, 0.25) is 0 Å². The lowest BCUT2D eigenvalue weighted by Gasteiger charge is -2.27. The topological polar surface area (TPSA) is 62.4 Å². The van der Waals surface area contributed by atoms with E-state index in [-0.39, 0.29) is 0 Å². The number of hydrogen-bond donors (Lipinski definition) is 3. The second-order valence-electron chi connectivity index (χ2n) is 6.95. The average Bonchev–Trinajstić information content (AvgIpc) is 2.60. The lowest BCUT2D eigenvalue weighted by atomic mass is 9.81. The number of thioether (sulfide) groups is 1. The average molecular weight is 349 g/mol. The summed E-state index contributed by atoms with van der Waals surface area (Å²) >= 11 is 1.75. The Balaban J connectivity index is 2.04. The third-order valence-electron chi connectivity index (χ3n) is 4.52. The van der Waals surface area contributed by atoms with E-state index in [1.807, 2.05) is 0 Å². The fourth-order valence-electron chi connectivity index (χ4n) is 3.27. The molecular weight excluding hydrogens is 316 g/mol. The van der Waals surface area contributed by atoms with Gasteiger partial charge in [0.05, 0.1) is 5.69 Å². The van der Waals surface area contributed by atoms with Crippen LogP contribution in [0.3, 0.4) is 0 Å². The normalized spacial score (nSPS) is 21.8. The van der Waals surface area contributed by atoms with Crippen LogP contribution >= 0.6 is 11.8 Å². The van der Waals surface area contributed by atoms with E-state index in [2.05, 4.69) is 55.0 Å². The van der Waals surface area contributed by atoms with Gasteiger partial charge in [-0.25, -0.2) is 0 Å². The molecule has 1 aromatic rings. The first-order chi connectivity index (χ1) is 11.6. The Morgan fingerprint density at radius 1 is 1.29 bits per heavy atom. The van der Waals surface area contributed by atoms with Gasteiger partial charge in [0.25, 0.3) is 0 Å². The van der Waals surface area contributed by atoms with Crippen molar-refractivity contribution in [2.24, 2.45) is 22.6 Å². The van der Waals surface area contributed by atoms with E-state index in [1.54, 1.807) is 11.8 Å². The van der Waals surface area contributed by atoms with E-state index < -0.39 is 0 Å². The smallest absolute Gasteiger partial charge is 0.196 e. The molecule has 1 aromatic carbocycles. The number of anilines is 1. The number of guanidine groups is 1. The van der Waals surface area contributed by atoms with Gasteiger partial charge in [0.15, 0.2) is 5.96 Å². The highest BCUT2D eigenvalue weighted by molar-refractivity contribution is 7.98. The number of aliphatic imine (C=N–C) groups is 1. The van der Waals surface area contributed by atoms with Crippen molar-refractivity contribution in [3.05, 3.63) is 24.3 Å². The summed E-state index contributed by atoms with van der Waals surface area (Å²) in [6.07, 6.45) is 7.17. The first-order valence-electron chi connectivity index (χ1n) is 9.03. The maximum Gasteiger partial charge on any atom is 0.196 e. The van der Waals surface area contributed by atoms with Gasteiger partial charge >= 0.3 is 0 Å². The molecule has 1 aliphatic rings. The van der Waals surface area contributed by atoms with E-state index in [4.69, 9.17) is 10.7 Å². The molecule has 0 amide bonds. The van der Waals surface area contributed by atoms with Crippen LogP contribution in [0.4, 0.5) is 5.69 Å². The Bertz CT molecular complexity index is 530. The van der Waals surface area contributed by atoms with Crippen molar-refractivity contribution in [3.8, 4) is 0 Å². The second kappa shape index (κ2) is 9.94. The van der Waals surface area contributed by atoms with Crippen molar-refractivity contribution in [1.82, 2.24) is 5.32 Å². The molecule has 4 nitrogen and oxygen atoms in total. The van der Waals surface area contributed by atoms with E-state index in [0.29, 0.717) is 17.9 Å². The summed E-state index contributed by atoms with van der Waals surface area (Å²) in [5, 5.41) is 6.94. The van der Waals surface area contributed by atoms with Gasteiger partial charge in [-0.3, -0.25) is 4.99 Å². The minimum absolute atomic E-state index is 0.348. The predicted molar refractivity (Wildman–Crippen MR) is 107 cm³/mol. The summed E-state index contributed by atoms with van der Waals surface area (Å²) in [6.45, 7) is 5.97. The van der Waals surface area contributed by atoms with E-state index in [0.717, 1.165) is 24.7 Å². The van der Waals surface area contributed by atoms with Crippen LogP contribution in [-0.2, 0) is 0 Å². The second-order valence-corrected chi connectivity index (χ2v) is 7.80. The molecule has 1 saturated carbocycles. The van der Waals surface area contributed by atoms with Crippen LogP contribution in [0.25, 0.3) is 0 Å². The summed E-state index contributed by atoms with van der Waals surface area (Å²) < 4.78 is 0. The summed E-state index contributed by atoms with van der Waals surface area (Å²) in [5.41, 5.74) is 6.97. The third-order valence-corrected chi connectivity index (χ3v) is 5.31. The first-order valence-corrected chi connectivity index (χ1v) is 10.3. The Morgan fingerprint density at radius 2 is 2.04 bits per heavy atom. The predicted octanol–water partition coefficient (Wildman–Crippen LogP) is 3.94. The molecule has 0 aliphatic heterocycles. The zero-order chi connectivity index (χ0) is 17.4. The van der Waals surface area contributed by atoms with E-state index in [1.165, 1.54) is 30.6 Å². The lowest BCUT2D eigenvalue weighted by molar-refractivity contribution is 0.277. The fourth-order valence-corrected chi connectivity index (χ4v) is 3.83. The van der Waals surface area contributed by atoms with Crippen LogP contribution in [0, 0.1) is 11.8 Å². The molecule has 5 heteroatoms. The Kier molecular flexibility index (Phi) is 7.92. The molecule has 0 heterocycles. The van der Waals surface area contributed by atoms with Crippen LogP contribution < -0.4 is 16.4 Å². The number of para-hydroxylation sites is 1. The van der Waals surface area contributed by atoms with Crippen molar-refractivity contribution in [1.29, 1.82) is 0 Å². The van der Waals surface area contributed by atoms with Crippen molar-refractivity contribution >= 4 is 23.4 Å². The number of nitrogens with two attached hydrogens (primary N) is 1. The van der Waals surface area contributed by atoms with Crippen molar-refractivity contribution < 1.29 is 0 Å². The van der Waals surface area contributed by atoms with Crippen LogP contribution in [0.1, 0.15) is 39.5 Å². The highest BCUT2D eigenvalue weighted by atomic mass is 32.2. The molecule has 1 fully saturated rings. The molecule has 0 radical (unpaired) electrons. The minimum Gasteiger partial charge on any atom is -0.354 e. The number of hydrogen-bond acceptors (Lipinski definition) is 3. The van der Waals surface area contributed by atoms with E-state index in [9.17, 15) is 0 Å². The number of nitrogens with one attached hydrogen (secondary N) is 2. The molecule has 0 bridgehead atoms. The molecule has 4 N–H and O–H groups in total. The molecule has 24 heavy (non-hydrogen) atoms. The zero-order valence-corrected chi connectivity index (χ0v) is 16.0. The highest BCUT2D eigenvalue weighted by Crippen LogP contribution is 2.28. The fraction of sp³-hybridized carbons (Fsp3) is 0.632. The summed E-state index contributed by atoms with van der Waals surface area (Å²) in [4.78, 5) is 6.10. The van der Waals surface area contributed by atoms with Crippen molar-refractivity contribution in [2.75, 3.05) is 24.7 Å². The third kappa shape index (κ3) is 6.02. The van der Waals surface area contributed by atoms with Gasteiger partial charge in [-0.1, -0.05) is 18.6 Å². The molecule has 134 valence electrons. The van der Waals surface area contributed by atoms with Crippen molar-refractivity contribution in [3.63, 3.8) is 0 Å². The quantitative estimate of drug-likeness (QED) is 0.414. The number of nitrogens with zero attached hydrogens (tertiary/aromatic N) is 1. The van der Waals surface area contributed by atoms with E-state index >= 15 is 0 Å². The first kappa shape index (κ1) is 19.1. The Hall–Kier alpha value is -1.20. The van der Waals surface area contributed by atoms with Crippen LogP contribution in [-0.4, -0.2) is 31.3 Å². The van der Waals surface area contributed by atoms with Crippen LogP contribution in [0.15, 0.2) is 34.2 Å². The SMILES string of the molecule is CSc1ccccc1NC(=NCC1CCCC(CN)C1)NC(C)C. The lowest BCUT2D eigenvalue weighted by Crippen LogP contribution is -2.36. The van der Waals surface area contributed by atoms with Gasteiger partial charge in [-0.2, -0.15) is 0 Å². The largest absolute Gasteiger partial charge is 0.354 e. The standard InChI is InChI=1S/C19H32N4S/c1-14(2)22-19(23-17-9-4-5-10-18(17)24-3)21-13-16-8-6-7-15(11-16)12-20/h4-5,9-10,14-16H,6-8,11-13,20H2,1-3H3,(H2,21,22,23). The molecule has 2 unspecified atom stereocenters. The Morgan fingerprint density at radius 3 is 2.75 bits per heavy atom. The molecule has 0 aromatic heterocycles. The molecule has 2 atom stereocenters. The monoisotopic (exact) mass is 348 g/mol. The summed E-state index contributed by atoms with van der Waals surface area (Å²) in [5.74, 6) is 2.22. The molecule has 0 spiro atoms. The highest BCUT2D eigenvalue weighted by Gasteiger charge is 2.20.